The van der Waals surface area contributed by atoms with Crippen molar-refractivity contribution in [3.63, 3.8) is 0 Å². The molecule has 0 aliphatic carbocycles. The molecular formula is C19H24ClN3O2S. The molecule has 1 aromatic heterocycles. The normalized spacial score (nSPS) is 17.2. The second-order valence-electron chi connectivity index (χ2n) is 6.29. The molecule has 1 aliphatic rings. The van der Waals surface area contributed by atoms with E-state index in [1.54, 1.807) is 11.0 Å². The first-order valence-corrected chi connectivity index (χ1v) is 9.39. The zero-order valence-corrected chi connectivity index (χ0v) is 16.3. The van der Waals surface area contributed by atoms with Crippen LogP contribution in [-0.2, 0) is 11.2 Å². The molecule has 26 heavy (non-hydrogen) atoms. The lowest BCUT2D eigenvalue weighted by Crippen LogP contribution is -2.51. The van der Waals surface area contributed by atoms with Gasteiger partial charge in [0, 0.05) is 26.1 Å². The van der Waals surface area contributed by atoms with Crippen LogP contribution in [0.4, 0.5) is 0 Å². The van der Waals surface area contributed by atoms with Crippen molar-refractivity contribution < 1.29 is 9.59 Å². The molecule has 5 nitrogen and oxygen atoms in total. The van der Waals surface area contributed by atoms with Crippen molar-refractivity contribution in [3.05, 3.63) is 58.3 Å². The van der Waals surface area contributed by atoms with Crippen molar-refractivity contribution in [1.29, 1.82) is 0 Å². The van der Waals surface area contributed by atoms with E-state index in [0.717, 1.165) is 25.1 Å². The van der Waals surface area contributed by atoms with E-state index >= 15 is 0 Å². The number of hydrogen-bond donors (Lipinski definition) is 2. The van der Waals surface area contributed by atoms with Gasteiger partial charge in [0.2, 0.25) is 5.91 Å². The third kappa shape index (κ3) is 5.06. The molecular weight excluding hydrogens is 370 g/mol. The molecule has 1 fully saturated rings. The Kier molecular flexibility index (Phi) is 7.63. The number of amides is 2. The van der Waals surface area contributed by atoms with Crippen molar-refractivity contribution in [2.45, 2.75) is 24.9 Å². The molecule has 3 rings (SSSR count). The van der Waals surface area contributed by atoms with Crippen LogP contribution < -0.4 is 10.6 Å². The van der Waals surface area contributed by atoms with E-state index in [1.165, 1.54) is 11.3 Å². The van der Waals surface area contributed by atoms with E-state index in [2.05, 4.69) is 10.6 Å². The lowest BCUT2D eigenvalue weighted by atomic mass is 10.0. The number of benzene rings is 1. The van der Waals surface area contributed by atoms with Gasteiger partial charge in [-0.3, -0.25) is 9.59 Å². The summed E-state index contributed by atoms with van der Waals surface area (Å²) in [6, 6.07) is 13.0. The monoisotopic (exact) mass is 393 g/mol. The predicted octanol–water partition coefficient (Wildman–Crippen LogP) is 2.33. The first kappa shape index (κ1) is 20.4. The van der Waals surface area contributed by atoms with Crippen LogP contribution in [-0.4, -0.2) is 48.9 Å². The number of carbonyl (C=O) groups is 2. The van der Waals surface area contributed by atoms with Crippen molar-refractivity contribution in [2.24, 2.45) is 0 Å². The zero-order valence-electron chi connectivity index (χ0n) is 14.7. The van der Waals surface area contributed by atoms with Gasteiger partial charge in [0.05, 0.1) is 4.88 Å². The molecule has 2 N–H and O–H groups in total. The molecule has 0 bridgehead atoms. The molecule has 140 valence electrons. The van der Waals surface area contributed by atoms with Gasteiger partial charge in [-0.1, -0.05) is 36.4 Å². The summed E-state index contributed by atoms with van der Waals surface area (Å²) in [7, 11) is 1.83. The van der Waals surface area contributed by atoms with Crippen LogP contribution in [0, 0.1) is 0 Å². The molecule has 2 heterocycles. The maximum Gasteiger partial charge on any atom is 0.262 e. The summed E-state index contributed by atoms with van der Waals surface area (Å²) in [5.74, 6) is -0.232. The summed E-state index contributed by atoms with van der Waals surface area (Å²) >= 11 is 1.38. The summed E-state index contributed by atoms with van der Waals surface area (Å²) in [5, 5.41) is 8.07. The highest BCUT2D eigenvalue weighted by Crippen LogP contribution is 2.13. The molecule has 0 spiro atoms. The Hall–Kier alpha value is -1.89. The Balaban J connectivity index is 0.00000243. The van der Waals surface area contributed by atoms with Gasteiger partial charge in [-0.05, 0) is 30.0 Å². The largest absolute Gasteiger partial charge is 0.340 e. The number of thiophene rings is 1. The number of carbonyl (C=O) groups excluding carboxylic acids is 2. The van der Waals surface area contributed by atoms with Crippen molar-refractivity contribution in [3.8, 4) is 0 Å². The van der Waals surface area contributed by atoms with Crippen molar-refractivity contribution >= 4 is 35.6 Å². The minimum Gasteiger partial charge on any atom is -0.340 e. The highest BCUT2D eigenvalue weighted by molar-refractivity contribution is 7.12. The lowest BCUT2D eigenvalue weighted by molar-refractivity contribution is -0.133. The molecule has 2 unspecified atom stereocenters. The molecule has 2 amide bonds. The quantitative estimate of drug-likeness (QED) is 0.791. The standard InChI is InChI=1S/C19H23N3O2S.ClH/c1-22(15-9-10-20-13-15)19(24)16(12-14-6-3-2-4-7-14)21-18(23)17-8-5-11-25-17;/h2-8,11,15-16,20H,9-10,12-13H2,1H3,(H,21,23);1H. The Morgan fingerprint density at radius 2 is 2.04 bits per heavy atom. The van der Waals surface area contributed by atoms with E-state index in [0.29, 0.717) is 11.3 Å². The third-order valence-electron chi connectivity index (χ3n) is 4.56. The summed E-state index contributed by atoms with van der Waals surface area (Å²) in [6.45, 7) is 1.73. The average molecular weight is 394 g/mol. The topological polar surface area (TPSA) is 61.4 Å². The Bertz CT molecular complexity index is 703. The lowest BCUT2D eigenvalue weighted by Gasteiger charge is -2.29. The first-order chi connectivity index (χ1) is 12.1. The van der Waals surface area contributed by atoms with Crippen LogP contribution >= 0.6 is 23.7 Å². The van der Waals surface area contributed by atoms with Gasteiger partial charge in [-0.2, -0.15) is 0 Å². The van der Waals surface area contributed by atoms with E-state index < -0.39 is 6.04 Å². The van der Waals surface area contributed by atoms with Crippen molar-refractivity contribution in [1.82, 2.24) is 15.5 Å². The fourth-order valence-corrected chi connectivity index (χ4v) is 3.71. The van der Waals surface area contributed by atoms with Gasteiger partial charge < -0.3 is 15.5 Å². The van der Waals surface area contributed by atoms with Gasteiger partial charge in [-0.25, -0.2) is 0 Å². The van der Waals surface area contributed by atoms with Gasteiger partial charge >= 0.3 is 0 Å². The minimum atomic E-state index is -0.567. The summed E-state index contributed by atoms with van der Waals surface area (Å²) in [5.41, 5.74) is 1.03. The van der Waals surface area contributed by atoms with Crippen LogP contribution in [0.1, 0.15) is 21.7 Å². The second kappa shape index (κ2) is 9.71. The highest BCUT2D eigenvalue weighted by Gasteiger charge is 2.30. The maximum atomic E-state index is 13.0. The second-order valence-corrected chi connectivity index (χ2v) is 7.24. The predicted molar refractivity (Wildman–Crippen MR) is 107 cm³/mol. The Labute approximate surface area is 164 Å². The van der Waals surface area contributed by atoms with Gasteiger partial charge in [0.1, 0.15) is 6.04 Å². The molecule has 2 aromatic rings. The number of nitrogens with zero attached hydrogens (tertiary/aromatic N) is 1. The van der Waals surface area contributed by atoms with E-state index in [1.807, 2.05) is 48.8 Å². The molecule has 1 saturated heterocycles. The number of hydrogen-bond acceptors (Lipinski definition) is 4. The minimum absolute atomic E-state index is 0. The highest BCUT2D eigenvalue weighted by atomic mass is 35.5. The molecule has 1 aromatic carbocycles. The first-order valence-electron chi connectivity index (χ1n) is 8.51. The smallest absolute Gasteiger partial charge is 0.262 e. The number of halogens is 1. The number of rotatable bonds is 6. The van der Waals surface area contributed by atoms with Crippen LogP contribution in [0.15, 0.2) is 47.8 Å². The number of nitrogens with one attached hydrogen (secondary N) is 2. The average Bonchev–Trinajstić information content (AvgIpc) is 3.34. The molecule has 0 saturated carbocycles. The maximum absolute atomic E-state index is 13.0. The van der Waals surface area contributed by atoms with Crippen LogP contribution in [0.2, 0.25) is 0 Å². The Morgan fingerprint density at radius 3 is 2.65 bits per heavy atom. The number of likely N-dealkylation sites (N-methyl/N-ethyl adjacent to an activating group) is 1. The van der Waals surface area contributed by atoms with E-state index in [-0.39, 0.29) is 30.3 Å². The van der Waals surface area contributed by atoms with Gasteiger partial charge in [-0.15, -0.1) is 23.7 Å². The van der Waals surface area contributed by atoms with Crippen LogP contribution in [0.5, 0.6) is 0 Å². The fraction of sp³-hybridized carbons (Fsp3) is 0.368. The van der Waals surface area contributed by atoms with E-state index in [4.69, 9.17) is 0 Å². The van der Waals surface area contributed by atoms with Gasteiger partial charge in [0.25, 0.3) is 5.91 Å². The summed E-state index contributed by atoms with van der Waals surface area (Å²) < 4.78 is 0. The van der Waals surface area contributed by atoms with Crippen LogP contribution in [0.3, 0.4) is 0 Å². The molecule has 7 heteroatoms. The summed E-state index contributed by atoms with van der Waals surface area (Å²) in [6.07, 6.45) is 1.43. The van der Waals surface area contributed by atoms with E-state index in [9.17, 15) is 9.59 Å². The summed E-state index contributed by atoms with van der Waals surface area (Å²) in [4.78, 5) is 27.9. The fourth-order valence-electron chi connectivity index (χ4n) is 3.08. The molecule has 2 atom stereocenters. The van der Waals surface area contributed by atoms with Crippen molar-refractivity contribution in [2.75, 3.05) is 20.1 Å². The molecule has 0 radical (unpaired) electrons. The molecule has 1 aliphatic heterocycles. The SMILES string of the molecule is CN(C(=O)C(Cc1ccccc1)NC(=O)c1cccs1)C1CCNC1.Cl. The zero-order chi connectivity index (χ0) is 17.6. The Morgan fingerprint density at radius 1 is 1.27 bits per heavy atom. The van der Waals surface area contributed by atoms with Crippen LogP contribution in [0.25, 0.3) is 0 Å². The third-order valence-corrected chi connectivity index (χ3v) is 5.43. The van der Waals surface area contributed by atoms with Gasteiger partial charge in [0.15, 0.2) is 0 Å².